The van der Waals surface area contributed by atoms with Gasteiger partial charge in [0.15, 0.2) is 0 Å². The van der Waals surface area contributed by atoms with Crippen LogP contribution in [-0.4, -0.2) is 9.97 Å². The summed E-state index contributed by atoms with van der Waals surface area (Å²) in [4.78, 5) is 16.1. The summed E-state index contributed by atoms with van der Waals surface area (Å²) in [5.74, 6) is 0. The van der Waals surface area contributed by atoms with Crippen LogP contribution in [0.4, 0.5) is 0 Å². The second-order valence-corrected chi connectivity index (χ2v) is 22.2. The molecule has 0 saturated heterocycles. The van der Waals surface area contributed by atoms with E-state index in [4.69, 9.17) is 9.97 Å². The normalized spacial score (nSPS) is 12.0. The predicted molar refractivity (Wildman–Crippen MR) is 263 cm³/mol. The molecule has 0 N–H and O–H groups in total. The maximum absolute atomic E-state index is 5.61. The number of aromatic nitrogens is 2. The van der Waals surface area contributed by atoms with E-state index in [0.29, 0.717) is 0 Å². The zero-order valence-electron chi connectivity index (χ0n) is 34.2. The lowest BCUT2D eigenvalue weighted by Gasteiger charge is -2.13. The van der Waals surface area contributed by atoms with Crippen LogP contribution in [0.2, 0.25) is 0 Å². The van der Waals surface area contributed by atoms with Gasteiger partial charge in [-0.1, -0.05) is 166 Å². The molecule has 7 aromatic rings. The summed E-state index contributed by atoms with van der Waals surface area (Å²) in [5.41, 5.74) is 6.95. The number of aryl methyl sites for hydroxylation is 2. The third-order valence-corrected chi connectivity index (χ3v) is 16.5. The first-order chi connectivity index (χ1) is 28.0. The highest BCUT2D eigenvalue weighted by Gasteiger charge is 2.22. The molecule has 7 heteroatoms. The van der Waals surface area contributed by atoms with Crippen molar-refractivity contribution in [3.8, 4) is 19.5 Å². The van der Waals surface area contributed by atoms with E-state index in [1.54, 1.807) is 22.7 Å². The highest BCUT2D eigenvalue weighted by Crippen LogP contribution is 2.48. The van der Waals surface area contributed by atoms with E-state index in [9.17, 15) is 0 Å². The monoisotopic (exact) mass is 942 g/mol. The molecular weight excluding hydrogens is 885 g/mol. The first-order valence-electron chi connectivity index (χ1n) is 22.2. The maximum Gasteiger partial charge on any atom is 0.110 e. The summed E-state index contributed by atoms with van der Waals surface area (Å²) in [7, 11) is 0. The average Bonchev–Trinajstić information content (AvgIpc) is 3.96. The fourth-order valence-electron chi connectivity index (χ4n) is 8.52. The SMILES string of the molecule is CCCCCCCCCCCCc1ccc2c(c1)c1cc(CCCCCCCCCCCC)ccc1c1nc3c(-c4ccc(Br)s4)sc(-c4ccc(Br)s4)c3nc21. The Morgan fingerprint density at radius 2 is 0.754 bits per heavy atom. The zero-order chi connectivity index (χ0) is 39.4. The third-order valence-electron chi connectivity index (χ3n) is 11.7. The number of benzene rings is 3. The summed E-state index contributed by atoms with van der Waals surface area (Å²) in [6.07, 6.45) is 29.6. The summed E-state index contributed by atoms with van der Waals surface area (Å²) >= 11 is 12.8. The van der Waals surface area contributed by atoms with Crippen molar-refractivity contribution in [1.29, 1.82) is 0 Å². The topological polar surface area (TPSA) is 25.8 Å². The molecule has 4 aromatic heterocycles. The fourth-order valence-corrected chi connectivity index (χ4v) is 12.7. The minimum Gasteiger partial charge on any atom is -0.242 e. The Kier molecular flexibility index (Phi) is 16.5. The summed E-state index contributed by atoms with van der Waals surface area (Å²) in [6.45, 7) is 4.60. The van der Waals surface area contributed by atoms with E-state index in [-0.39, 0.29) is 0 Å². The predicted octanol–water partition coefficient (Wildman–Crippen LogP) is 19.1. The second-order valence-electron chi connectivity index (χ2n) is 16.2. The van der Waals surface area contributed by atoms with Gasteiger partial charge in [-0.05, 0) is 104 Å². The van der Waals surface area contributed by atoms with E-state index in [1.165, 1.54) is 181 Å². The molecule has 0 saturated carbocycles. The van der Waals surface area contributed by atoms with Crippen LogP contribution in [0.5, 0.6) is 0 Å². The van der Waals surface area contributed by atoms with Crippen LogP contribution < -0.4 is 0 Å². The Balaban J connectivity index is 1.19. The molecule has 0 amide bonds. The standard InChI is InChI=1S/C50H60Br2N2S3/c1-3-5-7-9-11-13-15-17-19-21-23-35-25-27-37-39(33-35)40-34-36(24-22-20-18-16-14-12-10-8-6-4-2)26-28-38(40)46-45(37)53-47-48(54-46)50(42-30-32-44(52)56-42)57-49(47)41-29-31-43(51)55-41/h25-34H,3-24H2,1-2H3. The number of halogens is 2. The quantitative estimate of drug-likeness (QED) is 0.0446. The van der Waals surface area contributed by atoms with Crippen molar-refractivity contribution in [2.45, 2.75) is 155 Å². The molecule has 0 aliphatic rings. The van der Waals surface area contributed by atoms with Crippen LogP contribution >= 0.6 is 65.9 Å². The lowest BCUT2D eigenvalue weighted by atomic mass is 9.93. The second kappa shape index (κ2) is 21.9. The minimum atomic E-state index is 1.01. The molecule has 4 heterocycles. The van der Waals surface area contributed by atoms with Crippen molar-refractivity contribution in [3.63, 3.8) is 0 Å². The van der Waals surface area contributed by atoms with Gasteiger partial charge in [-0.3, -0.25) is 0 Å². The Morgan fingerprint density at radius 1 is 0.386 bits per heavy atom. The van der Waals surface area contributed by atoms with Crippen LogP contribution in [0.25, 0.3) is 63.1 Å². The van der Waals surface area contributed by atoms with Gasteiger partial charge in [-0.25, -0.2) is 9.97 Å². The smallest absolute Gasteiger partial charge is 0.110 e. The number of thiophene rings is 3. The Bertz CT molecular complexity index is 2190. The van der Waals surface area contributed by atoms with Gasteiger partial charge in [0.25, 0.3) is 0 Å². The summed E-state index contributed by atoms with van der Waals surface area (Å²) in [5, 5.41) is 5.11. The van der Waals surface area contributed by atoms with E-state index in [1.807, 2.05) is 11.3 Å². The van der Waals surface area contributed by atoms with Gasteiger partial charge in [0.05, 0.1) is 28.4 Å². The van der Waals surface area contributed by atoms with Crippen molar-refractivity contribution in [3.05, 3.63) is 79.4 Å². The number of unbranched alkanes of at least 4 members (excludes halogenated alkanes) is 18. The van der Waals surface area contributed by atoms with Crippen molar-refractivity contribution < 1.29 is 0 Å². The molecule has 0 bridgehead atoms. The molecule has 3 aromatic carbocycles. The van der Waals surface area contributed by atoms with Gasteiger partial charge in [0, 0.05) is 20.5 Å². The van der Waals surface area contributed by atoms with E-state index in [2.05, 4.69) is 106 Å². The number of hydrogen-bond acceptors (Lipinski definition) is 5. The van der Waals surface area contributed by atoms with E-state index < -0.39 is 0 Å². The highest BCUT2D eigenvalue weighted by molar-refractivity contribution is 9.11. The molecule has 0 unspecified atom stereocenters. The van der Waals surface area contributed by atoms with Crippen molar-refractivity contribution in [2.75, 3.05) is 0 Å². The lowest BCUT2D eigenvalue weighted by molar-refractivity contribution is 0.556. The zero-order valence-corrected chi connectivity index (χ0v) is 39.8. The van der Waals surface area contributed by atoms with Gasteiger partial charge in [-0.15, -0.1) is 34.0 Å². The Morgan fingerprint density at radius 3 is 1.11 bits per heavy atom. The molecular formula is C50H60Br2N2S3. The minimum absolute atomic E-state index is 1.01. The first kappa shape index (κ1) is 42.9. The largest absolute Gasteiger partial charge is 0.242 e. The molecule has 0 radical (unpaired) electrons. The van der Waals surface area contributed by atoms with Gasteiger partial charge in [-0.2, -0.15) is 0 Å². The lowest BCUT2D eigenvalue weighted by Crippen LogP contribution is -1.94. The van der Waals surface area contributed by atoms with Gasteiger partial charge in [0.2, 0.25) is 0 Å². The van der Waals surface area contributed by atoms with Crippen LogP contribution in [0, 0.1) is 0 Å². The number of nitrogens with zero attached hydrogens (tertiary/aromatic N) is 2. The van der Waals surface area contributed by atoms with Gasteiger partial charge in [0.1, 0.15) is 11.0 Å². The van der Waals surface area contributed by atoms with Crippen LogP contribution in [0.3, 0.4) is 0 Å². The van der Waals surface area contributed by atoms with E-state index in [0.717, 1.165) is 42.5 Å². The van der Waals surface area contributed by atoms with Crippen LogP contribution in [0.1, 0.15) is 153 Å². The van der Waals surface area contributed by atoms with Crippen molar-refractivity contribution >= 4 is 109 Å². The summed E-state index contributed by atoms with van der Waals surface area (Å²) < 4.78 is 2.27. The van der Waals surface area contributed by atoms with Crippen molar-refractivity contribution in [1.82, 2.24) is 9.97 Å². The van der Waals surface area contributed by atoms with Crippen LogP contribution in [-0.2, 0) is 12.8 Å². The van der Waals surface area contributed by atoms with E-state index >= 15 is 0 Å². The number of hydrogen-bond donors (Lipinski definition) is 0. The number of fused-ring (bicyclic) bond motifs is 7. The molecule has 2 nitrogen and oxygen atoms in total. The molecule has 302 valence electrons. The Labute approximate surface area is 370 Å². The van der Waals surface area contributed by atoms with Crippen LogP contribution in [0.15, 0.2) is 68.2 Å². The highest BCUT2D eigenvalue weighted by atomic mass is 79.9. The summed E-state index contributed by atoms with van der Waals surface area (Å²) in [6, 6.07) is 23.2. The van der Waals surface area contributed by atoms with Gasteiger partial charge >= 0.3 is 0 Å². The fraction of sp³-hybridized carbons (Fsp3) is 0.480. The molecule has 0 atom stereocenters. The molecule has 0 fully saturated rings. The third kappa shape index (κ3) is 11.2. The molecule has 7 rings (SSSR count). The molecule has 0 spiro atoms. The molecule has 0 aliphatic heterocycles. The first-order valence-corrected chi connectivity index (χ1v) is 26.2. The molecule has 57 heavy (non-hydrogen) atoms. The van der Waals surface area contributed by atoms with Crippen molar-refractivity contribution in [2.24, 2.45) is 0 Å². The average molecular weight is 945 g/mol. The number of rotatable bonds is 24. The maximum atomic E-state index is 5.61. The Hall–Kier alpha value is -2.16. The van der Waals surface area contributed by atoms with Gasteiger partial charge < -0.3 is 0 Å². The molecule has 0 aliphatic carbocycles.